The quantitative estimate of drug-likeness (QED) is 0.584. The molecule has 0 aliphatic heterocycles. The van der Waals surface area contributed by atoms with Crippen molar-refractivity contribution in [3.63, 3.8) is 0 Å². The van der Waals surface area contributed by atoms with Gasteiger partial charge in [-0.3, -0.25) is 9.59 Å². The third-order valence-corrected chi connectivity index (χ3v) is 5.23. The van der Waals surface area contributed by atoms with Crippen LogP contribution in [0.1, 0.15) is 55.1 Å². The maximum atomic E-state index is 12.9. The highest BCUT2D eigenvalue weighted by Crippen LogP contribution is 2.25. The van der Waals surface area contributed by atoms with Crippen LogP contribution in [0.25, 0.3) is 5.82 Å². The summed E-state index contributed by atoms with van der Waals surface area (Å²) in [5, 5.41) is 15.4. The third kappa shape index (κ3) is 4.72. The Labute approximate surface area is 169 Å². The average Bonchev–Trinajstić information content (AvgIpc) is 2.96. The molecule has 29 heavy (non-hydrogen) atoms. The summed E-state index contributed by atoms with van der Waals surface area (Å²) >= 11 is 0. The summed E-state index contributed by atoms with van der Waals surface area (Å²) in [6.45, 7) is 4.18. The molecular formula is C20H27N5O4. The van der Waals surface area contributed by atoms with Crippen LogP contribution < -0.4 is 10.1 Å². The molecule has 1 aliphatic rings. The van der Waals surface area contributed by atoms with Crippen molar-refractivity contribution >= 4 is 11.9 Å². The maximum Gasteiger partial charge on any atom is 0.310 e. The van der Waals surface area contributed by atoms with Gasteiger partial charge in [-0.25, -0.2) is 4.68 Å². The number of hydrogen-bond acceptors (Lipinski definition) is 7. The number of amides is 1. The molecule has 0 bridgehead atoms. The summed E-state index contributed by atoms with van der Waals surface area (Å²) in [6.07, 6.45) is 5.96. The molecule has 0 radical (unpaired) electrons. The first-order valence-electron chi connectivity index (χ1n) is 9.95. The fraction of sp³-hybridized carbons (Fsp3) is 0.550. The Bertz CT molecular complexity index is 849. The van der Waals surface area contributed by atoms with Crippen molar-refractivity contribution < 1.29 is 19.1 Å². The van der Waals surface area contributed by atoms with E-state index < -0.39 is 0 Å². The van der Waals surface area contributed by atoms with E-state index in [9.17, 15) is 9.59 Å². The van der Waals surface area contributed by atoms with Crippen molar-refractivity contribution in [3.05, 3.63) is 29.6 Å². The van der Waals surface area contributed by atoms with E-state index >= 15 is 0 Å². The SMILES string of the molecule is CCOc1ccc(-n2ncc(C(=O)N[C@H]3CCCCC[C@@H]3C(=O)OC)c2C)nn1. The Morgan fingerprint density at radius 1 is 1.21 bits per heavy atom. The van der Waals surface area contributed by atoms with Gasteiger partial charge in [-0.15, -0.1) is 10.2 Å². The first kappa shape index (κ1) is 20.8. The molecule has 0 aromatic carbocycles. The van der Waals surface area contributed by atoms with Gasteiger partial charge in [0, 0.05) is 12.1 Å². The van der Waals surface area contributed by atoms with Crippen LogP contribution in [0.3, 0.4) is 0 Å². The lowest BCUT2D eigenvalue weighted by atomic mass is 9.94. The number of hydrogen-bond donors (Lipinski definition) is 1. The predicted molar refractivity (Wildman–Crippen MR) is 105 cm³/mol. The van der Waals surface area contributed by atoms with Crippen LogP contribution >= 0.6 is 0 Å². The molecule has 156 valence electrons. The molecule has 2 heterocycles. The van der Waals surface area contributed by atoms with E-state index in [0.717, 1.165) is 32.1 Å². The molecule has 0 spiro atoms. The van der Waals surface area contributed by atoms with Gasteiger partial charge in [0.25, 0.3) is 5.91 Å². The smallest absolute Gasteiger partial charge is 0.310 e. The van der Waals surface area contributed by atoms with Crippen LogP contribution in [0.2, 0.25) is 0 Å². The number of carbonyl (C=O) groups is 2. The van der Waals surface area contributed by atoms with Crippen molar-refractivity contribution in [1.82, 2.24) is 25.3 Å². The van der Waals surface area contributed by atoms with E-state index in [0.29, 0.717) is 29.6 Å². The van der Waals surface area contributed by atoms with Gasteiger partial charge in [-0.2, -0.15) is 5.10 Å². The molecule has 2 atom stereocenters. The number of rotatable bonds is 6. The van der Waals surface area contributed by atoms with E-state index in [1.807, 2.05) is 6.92 Å². The minimum absolute atomic E-state index is 0.245. The van der Waals surface area contributed by atoms with Gasteiger partial charge >= 0.3 is 5.97 Å². The Balaban J connectivity index is 1.76. The number of esters is 1. The zero-order valence-corrected chi connectivity index (χ0v) is 17.1. The molecule has 1 aliphatic carbocycles. The van der Waals surface area contributed by atoms with Gasteiger partial charge < -0.3 is 14.8 Å². The average molecular weight is 401 g/mol. The Kier molecular flexibility index (Phi) is 6.79. The Morgan fingerprint density at radius 2 is 2.00 bits per heavy atom. The maximum absolute atomic E-state index is 12.9. The van der Waals surface area contributed by atoms with Gasteiger partial charge in [-0.1, -0.05) is 19.3 Å². The van der Waals surface area contributed by atoms with Crippen LogP contribution in [0.4, 0.5) is 0 Å². The van der Waals surface area contributed by atoms with Gasteiger partial charge in [0.15, 0.2) is 5.82 Å². The van der Waals surface area contributed by atoms with Crippen molar-refractivity contribution in [2.75, 3.05) is 13.7 Å². The lowest BCUT2D eigenvalue weighted by Gasteiger charge is -2.24. The molecule has 1 fully saturated rings. The standard InChI is InChI=1S/C20H27N5O4/c1-4-29-18-11-10-17(23-24-18)25-13(2)15(12-21-25)19(26)22-16-9-7-5-6-8-14(16)20(27)28-3/h10-12,14,16H,4-9H2,1-3H3,(H,22,26)/t14-,16-/m0/s1. The highest BCUT2D eigenvalue weighted by Gasteiger charge is 2.32. The Morgan fingerprint density at radius 3 is 2.69 bits per heavy atom. The number of aromatic nitrogens is 4. The Hall–Kier alpha value is -2.97. The second-order valence-electron chi connectivity index (χ2n) is 7.07. The molecular weight excluding hydrogens is 374 g/mol. The number of nitrogens with one attached hydrogen (secondary N) is 1. The van der Waals surface area contributed by atoms with Crippen molar-refractivity contribution in [2.24, 2.45) is 5.92 Å². The van der Waals surface area contributed by atoms with Crippen LogP contribution in [0.15, 0.2) is 18.3 Å². The molecule has 3 rings (SSSR count). The molecule has 9 nitrogen and oxygen atoms in total. The number of ether oxygens (including phenoxy) is 2. The number of nitrogens with zero attached hydrogens (tertiary/aromatic N) is 4. The lowest BCUT2D eigenvalue weighted by molar-refractivity contribution is -0.146. The van der Waals surface area contributed by atoms with E-state index in [2.05, 4.69) is 20.6 Å². The normalized spacial score (nSPS) is 19.3. The van der Waals surface area contributed by atoms with Crippen molar-refractivity contribution in [3.8, 4) is 11.7 Å². The fourth-order valence-electron chi connectivity index (χ4n) is 3.67. The molecule has 0 saturated heterocycles. The lowest BCUT2D eigenvalue weighted by Crippen LogP contribution is -2.43. The molecule has 1 saturated carbocycles. The summed E-state index contributed by atoms with van der Waals surface area (Å²) in [7, 11) is 1.39. The molecule has 2 aromatic rings. The van der Waals surface area contributed by atoms with Gasteiger partial charge in [0.1, 0.15) is 0 Å². The molecule has 2 aromatic heterocycles. The topological polar surface area (TPSA) is 108 Å². The predicted octanol–water partition coefficient (Wildman–Crippen LogP) is 2.22. The number of carbonyl (C=O) groups excluding carboxylic acids is 2. The summed E-state index contributed by atoms with van der Waals surface area (Å²) in [5.41, 5.74) is 1.08. The zero-order chi connectivity index (χ0) is 20.8. The molecule has 0 unspecified atom stereocenters. The summed E-state index contributed by atoms with van der Waals surface area (Å²) in [5.74, 6) is 0.0784. The minimum Gasteiger partial charge on any atom is -0.477 e. The van der Waals surface area contributed by atoms with E-state index in [4.69, 9.17) is 9.47 Å². The molecule has 9 heteroatoms. The van der Waals surface area contributed by atoms with Crippen LogP contribution in [0, 0.1) is 12.8 Å². The summed E-state index contributed by atoms with van der Waals surface area (Å²) < 4.78 is 11.8. The summed E-state index contributed by atoms with van der Waals surface area (Å²) in [6, 6.07) is 3.20. The second kappa shape index (κ2) is 9.49. The monoisotopic (exact) mass is 401 g/mol. The first-order chi connectivity index (χ1) is 14.0. The fourth-order valence-corrected chi connectivity index (χ4v) is 3.67. The zero-order valence-electron chi connectivity index (χ0n) is 17.1. The first-order valence-corrected chi connectivity index (χ1v) is 9.95. The van der Waals surface area contributed by atoms with Gasteiger partial charge in [-0.05, 0) is 32.8 Å². The van der Waals surface area contributed by atoms with Crippen LogP contribution in [0.5, 0.6) is 5.88 Å². The largest absolute Gasteiger partial charge is 0.477 e. The number of methoxy groups -OCH3 is 1. The van der Waals surface area contributed by atoms with Crippen molar-refractivity contribution in [1.29, 1.82) is 0 Å². The van der Waals surface area contributed by atoms with Crippen molar-refractivity contribution in [2.45, 2.75) is 52.0 Å². The molecule has 1 N–H and O–H groups in total. The second-order valence-corrected chi connectivity index (χ2v) is 7.07. The van der Waals surface area contributed by atoms with Crippen LogP contribution in [-0.4, -0.2) is 51.6 Å². The highest BCUT2D eigenvalue weighted by molar-refractivity contribution is 5.95. The van der Waals surface area contributed by atoms with Crippen LogP contribution in [-0.2, 0) is 9.53 Å². The minimum atomic E-state index is -0.321. The third-order valence-electron chi connectivity index (χ3n) is 5.23. The van der Waals surface area contributed by atoms with E-state index in [-0.39, 0.29) is 23.8 Å². The van der Waals surface area contributed by atoms with Gasteiger partial charge in [0.05, 0.1) is 37.1 Å². The van der Waals surface area contributed by atoms with E-state index in [1.54, 1.807) is 23.7 Å². The summed E-state index contributed by atoms with van der Waals surface area (Å²) in [4.78, 5) is 25.1. The van der Waals surface area contributed by atoms with Gasteiger partial charge in [0.2, 0.25) is 5.88 Å². The molecule has 1 amide bonds. The van der Waals surface area contributed by atoms with E-state index in [1.165, 1.54) is 13.3 Å². The highest BCUT2D eigenvalue weighted by atomic mass is 16.5.